The van der Waals surface area contributed by atoms with Crippen molar-refractivity contribution in [1.29, 1.82) is 0 Å². The van der Waals surface area contributed by atoms with Crippen molar-refractivity contribution in [2.45, 2.75) is 37.6 Å². The summed E-state index contributed by atoms with van der Waals surface area (Å²) >= 11 is 1.70. The van der Waals surface area contributed by atoms with Gasteiger partial charge in [-0.1, -0.05) is 6.92 Å². The largest absolute Gasteiger partial charge is 0.478 e. The Hall–Kier alpha value is -1.75. The topological polar surface area (TPSA) is 55.1 Å². The first kappa shape index (κ1) is 14.2. The average molecular weight is 302 g/mol. The van der Waals surface area contributed by atoms with Crippen LogP contribution in [0.1, 0.15) is 31.9 Å². The van der Waals surface area contributed by atoms with Crippen molar-refractivity contribution in [3.63, 3.8) is 0 Å². The first-order valence-corrected chi connectivity index (χ1v) is 8.37. The molecule has 0 aromatic carbocycles. The van der Waals surface area contributed by atoms with Gasteiger partial charge in [0, 0.05) is 34.3 Å². The highest BCUT2D eigenvalue weighted by atomic mass is 32.2. The Bertz CT molecular complexity index is 746. The monoisotopic (exact) mass is 302 g/mol. The minimum Gasteiger partial charge on any atom is -0.478 e. The lowest BCUT2D eigenvalue weighted by Gasteiger charge is -2.20. The van der Waals surface area contributed by atoms with Gasteiger partial charge < -0.3 is 9.67 Å². The molecule has 0 saturated heterocycles. The van der Waals surface area contributed by atoms with E-state index >= 15 is 0 Å². The highest BCUT2D eigenvalue weighted by Crippen LogP contribution is 2.37. The minimum atomic E-state index is -0.802. The lowest BCUT2D eigenvalue weighted by atomic mass is 9.95. The number of hydrogen-bond acceptors (Lipinski definition) is 3. The van der Waals surface area contributed by atoms with Crippen molar-refractivity contribution in [1.82, 2.24) is 9.55 Å². The third-order valence-corrected chi connectivity index (χ3v) is 4.87. The van der Waals surface area contributed by atoms with E-state index in [1.54, 1.807) is 11.8 Å². The highest BCUT2D eigenvalue weighted by molar-refractivity contribution is 7.98. The Morgan fingerprint density at radius 1 is 1.52 bits per heavy atom. The molecule has 0 radical (unpaired) electrons. The van der Waals surface area contributed by atoms with Crippen LogP contribution < -0.4 is 0 Å². The van der Waals surface area contributed by atoms with Gasteiger partial charge in [-0.3, -0.25) is 0 Å². The smallest absolute Gasteiger partial charge is 0.331 e. The molecular weight excluding hydrogens is 284 g/mol. The Morgan fingerprint density at radius 2 is 2.33 bits per heavy atom. The molecule has 110 valence electrons. The predicted octanol–water partition coefficient (Wildman–Crippen LogP) is 3.80. The summed E-state index contributed by atoms with van der Waals surface area (Å²) in [5, 5.41) is 10.6. The zero-order chi connectivity index (χ0) is 15.0. The average Bonchev–Trinajstić information content (AvgIpc) is 2.87. The maximum atomic E-state index is 11.5. The number of carboxylic acids is 1. The van der Waals surface area contributed by atoms with Crippen molar-refractivity contribution < 1.29 is 9.90 Å². The number of aliphatic carboxylic acids is 1. The number of aryl methyl sites for hydroxylation is 1. The predicted molar refractivity (Wildman–Crippen MR) is 85.6 cm³/mol. The molecular formula is C16H18N2O2S. The fraction of sp³-hybridized carbons (Fsp3) is 0.375. The van der Waals surface area contributed by atoms with Gasteiger partial charge in [0.2, 0.25) is 0 Å². The van der Waals surface area contributed by atoms with Crippen LogP contribution in [0.25, 0.3) is 16.6 Å². The summed E-state index contributed by atoms with van der Waals surface area (Å²) in [6, 6.07) is 4.13. The summed E-state index contributed by atoms with van der Waals surface area (Å²) in [6.45, 7) is 2.81. The van der Waals surface area contributed by atoms with Crippen LogP contribution >= 0.6 is 11.8 Å². The molecule has 0 spiro atoms. The second kappa shape index (κ2) is 5.56. The van der Waals surface area contributed by atoms with Crippen molar-refractivity contribution in [3.05, 3.63) is 29.6 Å². The number of aromatic nitrogens is 2. The van der Waals surface area contributed by atoms with Crippen LogP contribution in [0.4, 0.5) is 0 Å². The third kappa shape index (κ3) is 2.25. The fourth-order valence-corrected chi connectivity index (χ4v) is 3.69. The summed E-state index contributed by atoms with van der Waals surface area (Å²) in [5.74, 6) is -0.802. The molecule has 0 unspecified atom stereocenters. The molecule has 0 bridgehead atoms. The standard InChI is InChI=1S/C16H18N2O2S/c1-3-10(16(19)20)11-5-4-8-18-13(11)9-12-14(21-2)6-7-17-15(12)18/h6-7,9H,3-5,8H2,1-2H3,(H,19,20)/b11-10-. The minimum absolute atomic E-state index is 0.532. The van der Waals surface area contributed by atoms with E-state index in [1.165, 1.54) is 4.90 Å². The number of thioether (sulfide) groups is 1. The van der Waals surface area contributed by atoms with Crippen LogP contribution in [0.3, 0.4) is 0 Å². The number of hydrogen-bond donors (Lipinski definition) is 1. The van der Waals surface area contributed by atoms with Crippen molar-refractivity contribution >= 4 is 34.3 Å². The number of rotatable bonds is 3. The molecule has 21 heavy (non-hydrogen) atoms. The van der Waals surface area contributed by atoms with Crippen molar-refractivity contribution in [2.24, 2.45) is 0 Å². The van der Waals surface area contributed by atoms with E-state index in [0.717, 1.165) is 41.7 Å². The van der Waals surface area contributed by atoms with Gasteiger partial charge in [-0.15, -0.1) is 11.8 Å². The summed E-state index contributed by atoms with van der Waals surface area (Å²) in [7, 11) is 0. The van der Waals surface area contributed by atoms with E-state index in [9.17, 15) is 9.90 Å². The molecule has 1 N–H and O–H groups in total. The number of nitrogens with zero attached hydrogens (tertiary/aromatic N) is 2. The lowest BCUT2D eigenvalue weighted by molar-refractivity contribution is -0.132. The summed E-state index contributed by atoms with van der Waals surface area (Å²) in [5.41, 5.74) is 3.50. The fourth-order valence-electron chi connectivity index (χ4n) is 3.12. The molecule has 0 atom stereocenters. The van der Waals surface area contributed by atoms with Crippen LogP contribution in [0.15, 0.2) is 28.8 Å². The third-order valence-electron chi connectivity index (χ3n) is 4.07. The Labute approximate surface area is 127 Å². The molecule has 3 heterocycles. The van der Waals surface area contributed by atoms with E-state index in [4.69, 9.17) is 0 Å². The second-order valence-corrected chi connectivity index (χ2v) is 6.00. The maximum absolute atomic E-state index is 11.5. The number of allylic oxidation sites excluding steroid dienone is 1. The maximum Gasteiger partial charge on any atom is 0.331 e. The van der Waals surface area contributed by atoms with Crippen LogP contribution in [0, 0.1) is 0 Å². The zero-order valence-corrected chi connectivity index (χ0v) is 13.0. The Balaban J connectivity index is 2.30. The zero-order valence-electron chi connectivity index (χ0n) is 12.2. The first-order valence-electron chi connectivity index (χ1n) is 7.15. The van der Waals surface area contributed by atoms with Crippen LogP contribution in [-0.2, 0) is 11.3 Å². The van der Waals surface area contributed by atoms with Crippen molar-refractivity contribution in [3.8, 4) is 0 Å². The van der Waals surface area contributed by atoms with Gasteiger partial charge in [0.1, 0.15) is 5.65 Å². The second-order valence-electron chi connectivity index (χ2n) is 5.15. The molecule has 0 saturated carbocycles. The summed E-state index contributed by atoms with van der Waals surface area (Å²) in [6.07, 6.45) is 6.23. The number of carbonyl (C=O) groups is 1. The van der Waals surface area contributed by atoms with Crippen LogP contribution in [0.5, 0.6) is 0 Å². The molecule has 1 aliphatic heterocycles. The quantitative estimate of drug-likeness (QED) is 0.692. The van der Waals surface area contributed by atoms with Gasteiger partial charge in [0.15, 0.2) is 0 Å². The van der Waals surface area contributed by atoms with Gasteiger partial charge in [-0.05, 0) is 43.2 Å². The molecule has 3 rings (SSSR count). The first-order chi connectivity index (χ1) is 10.2. The van der Waals surface area contributed by atoms with E-state index in [-0.39, 0.29) is 0 Å². The van der Waals surface area contributed by atoms with Gasteiger partial charge in [0.25, 0.3) is 0 Å². The summed E-state index contributed by atoms with van der Waals surface area (Å²) in [4.78, 5) is 17.2. The molecule has 2 aromatic heterocycles. The molecule has 0 aliphatic carbocycles. The van der Waals surface area contributed by atoms with Gasteiger partial charge >= 0.3 is 5.97 Å². The highest BCUT2D eigenvalue weighted by Gasteiger charge is 2.23. The number of fused-ring (bicyclic) bond motifs is 3. The molecule has 4 nitrogen and oxygen atoms in total. The molecule has 0 fully saturated rings. The SMILES string of the molecule is CC/C(C(=O)O)=C1\CCCn2c1cc1c(SC)ccnc12. The molecule has 0 amide bonds. The van der Waals surface area contributed by atoms with E-state index in [2.05, 4.69) is 21.9 Å². The molecule has 5 heteroatoms. The number of carboxylic acid groups (broad SMARTS) is 1. The van der Waals surface area contributed by atoms with Gasteiger partial charge in [-0.2, -0.15) is 0 Å². The Morgan fingerprint density at radius 3 is 3.00 bits per heavy atom. The summed E-state index contributed by atoms with van der Waals surface area (Å²) < 4.78 is 2.17. The van der Waals surface area contributed by atoms with Crippen LogP contribution in [-0.4, -0.2) is 26.9 Å². The van der Waals surface area contributed by atoms with E-state index in [0.29, 0.717) is 12.0 Å². The lowest BCUT2D eigenvalue weighted by Crippen LogP contribution is -2.13. The molecule has 1 aliphatic rings. The van der Waals surface area contributed by atoms with Gasteiger partial charge in [-0.25, -0.2) is 9.78 Å². The van der Waals surface area contributed by atoms with E-state index in [1.807, 2.05) is 19.2 Å². The molecule has 2 aromatic rings. The Kier molecular flexibility index (Phi) is 3.76. The normalized spacial score (nSPS) is 16.9. The van der Waals surface area contributed by atoms with Crippen molar-refractivity contribution in [2.75, 3.05) is 6.26 Å². The van der Waals surface area contributed by atoms with E-state index < -0.39 is 5.97 Å². The van der Waals surface area contributed by atoms with Crippen LogP contribution in [0.2, 0.25) is 0 Å². The van der Waals surface area contributed by atoms with Gasteiger partial charge in [0.05, 0.1) is 0 Å². The number of pyridine rings is 1.